The second-order valence-electron chi connectivity index (χ2n) is 5.52. The standard InChI is InChI=1S/C18H17N3O2/c1-11-3-4-13(12(2)9-11)5-8-17(22)19-14-6-7-15-16(10-14)21-18(23)20-15/h3-10H,1-2H3,(H,19,22)(H2,20,21,23)/b8-5+. The molecule has 3 aromatic rings. The molecule has 0 aliphatic rings. The van der Waals surface area contributed by atoms with Crippen molar-refractivity contribution < 1.29 is 4.79 Å². The quantitative estimate of drug-likeness (QED) is 0.650. The Morgan fingerprint density at radius 1 is 1.04 bits per heavy atom. The maximum Gasteiger partial charge on any atom is 0.323 e. The van der Waals surface area contributed by atoms with Crippen LogP contribution >= 0.6 is 0 Å². The van der Waals surface area contributed by atoms with Crippen molar-refractivity contribution in [1.29, 1.82) is 0 Å². The molecule has 0 aliphatic carbocycles. The van der Waals surface area contributed by atoms with Crippen molar-refractivity contribution in [2.75, 3.05) is 5.32 Å². The molecule has 0 saturated carbocycles. The number of fused-ring (bicyclic) bond motifs is 1. The van der Waals surface area contributed by atoms with E-state index in [2.05, 4.69) is 21.4 Å². The first-order valence-electron chi connectivity index (χ1n) is 7.29. The number of hydrogen-bond acceptors (Lipinski definition) is 2. The molecule has 0 spiro atoms. The highest BCUT2D eigenvalue weighted by Gasteiger charge is 2.02. The molecular weight excluding hydrogens is 290 g/mol. The number of carbonyl (C=O) groups excluding carboxylic acids is 1. The van der Waals surface area contributed by atoms with Gasteiger partial charge in [-0.05, 0) is 49.2 Å². The Morgan fingerprint density at radius 3 is 2.61 bits per heavy atom. The second kappa shape index (κ2) is 5.96. The van der Waals surface area contributed by atoms with Crippen molar-refractivity contribution in [3.63, 3.8) is 0 Å². The van der Waals surface area contributed by atoms with Crippen LogP contribution in [0.25, 0.3) is 17.1 Å². The number of hydrogen-bond donors (Lipinski definition) is 3. The predicted molar refractivity (Wildman–Crippen MR) is 92.5 cm³/mol. The van der Waals surface area contributed by atoms with Crippen molar-refractivity contribution in [2.45, 2.75) is 13.8 Å². The van der Waals surface area contributed by atoms with E-state index >= 15 is 0 Å². The Kier molecular flexibility index (Phi) is 3.85. The monoisotopic (exact) mass is 307 g/mol. The highest BCUT2D eigenvalue weighted by Crippen LogP contribution is 2.15. The van der Waals surface area contributed by atoms with Crippen molar-refractivity contribution in [3.05, 3.63) is 69.6 Å². The number of carbonyl (C=O) groups is 1. The lowest BCUT2D eigenvalue weighted by Gasteiger charge is -2.03. The minimum atomic E-state index is -0.266. The normalized spacial score (nSPS) is 11.2. The molecular formula is C18H17N3O2. The highest BCUT2D eigenvalue weighted by molar-refractivity contribution is 6.02. The number of nitrogens with one attached hydrogen (secondary N) is 3. The molecule has 0 atom stereocenters. The fourth-order valence-corrected chi connectivity index (χ4v) is 2.47. The number of rotatable bonds is 3. The van der Waals surface area contributed by atoms with Crippen LogP contribution in [0.1, 0.15) is 16.7 Å². The fourth-order valence-electron chi connectivity index (χ4n) is 2.47. The molecule has 116 valence electrons. The number of amides is 1. The summed E-state index contributed by atoms with van der Waals surface area (Å²) in [4.78, 5) is 28.6. The summed E-state index contributed by atoms with van der Waals surface area (Å²) in [5.41, 5.74) is 5.06. The largest absolute Gasteiger partial charge is 0.323 e. The first kappa shape index (κ1) is 14.8. The summed E-state index contributed by atoms with van der Waals surface area (Å²) >= 11 is 0. The first-order chi connectivity index (χ1) is 11.0. The molecule has 3 rings (SSSR count). The molecule has 0 fully saturated rings. The van der Waals surface area contributed by atoms with Crippen LogP contribution in [-0.4, -0.2) is 15.9 Å². The average molecular weight is 307 g/mol. The van der Waals surface area contributed by atoms with Crippen LogP contribution in [0.15, 0.2) is 47.3 Å². The van der Waals surface area contributed by atoms with E-state index in [1.165, 1.54) is 11.6 Å². The van der Waals surface area contributed by atoms with Crippen LogP contribution in [0.5, 0.6) is 0 Å². The van der Waals surface area contributed by atoms with Gasteiger partial charge in [-0.1, -0.05) is 23.8 Å². The van der Waals surface area contributed by atoms with E-state index in [1.807, 2.05) is 26.0 Å². The van der Waals surface area contributed by atoms with Gasteiger partial charge in [0.2, 0.25) is 5.91 Å². The van der Waals surface area contributed by atoms with Gasteiger partial charge in [0.05, 0.1) is 11.0 Å². The van der Waals surface area contributed by atoms with E-state index in [-0.39, 0.29) is 11.6 Å². The Labute approximate surface area is 133 Å². The lowest BCUT2D eigenvalue weighted by Crippen LogP contribution is -2.07. The second-order valence-corrected chi connectivity index (χ2v) is 5.52. The average Bonchev–Trinajstić information content (AvgIpc) is 2.85. The van der Waals surface area contributed by atoms with E-state index in [4.69, 9.17) is 0 Å². The van der Waals surface area contributed by atoms with Gasteiger partial charge in [0.15, 0.2) is 0 Å². The lowest BCUT2D eigenvalue weighted by atomic mass is 10.1. The van der Waals surface area contributed by atoms with Gasteiger partial charge >= 0.3 is 5.69 Å². The first-order valence-corrected chi connectivity index (χ1v) is 7.29. The zero-order chi connectivity index (χ0) is 16.4. The Morgan fingerprint density at radius 2 is 1.83 bits per heavy atom. The lowest BCUT2D eigenvalue weighted by molar-refractivity contribution is -0.111. The smallest absolute Gasteiger partial charge is 0.322 e. The maximum absolute atomic E-state index is 12.0. The third kappa shape index (κ3) is 3.40. The van der Waals surface area contributed by atoms with Gasteiger partial charge in [0.25, 0.3) is 0 Å². The summed E-state index contributed by atoms with van der Waals surface area (Å²) in [6.07, 6.45) is 3.29. The molecule has 0 bridgehead atoms. The SMILES string of the molecule is Cc1ccc(/C=C/C(=O)Nc2ccc3[nH]c(=O)[nH]c3c2)c(C)c1. The van der Waals surface area contributed by atoms with Crippen LogP contribution in [0.4, 0.5) is 5.69 Å². The number of imidazole rings is 1. The summed E-state index contributed by atoms with van der Waals surface area (Å²) in [7, 11) is 0. The summed E-state index contributed by atoms with van der Waals surface area (Å²) < 4.78 is 0. The van der Waals surface area contributed by atoms with Gasteiger partial charge < -0.3 is 15.3 Å². The molecule has 1 amide bonds. The molecule has 1 heterocycles. The van der Waals surface area contributed by atoms with Crippen molar-refractivity contribution in [2.24, 2.45) is 0 Å². The van der Waals surface area contributed by atoms with Crippen LogP contribution < -0.4 is 11.0 Å². The molecule has 5 nitrogen and oxygen atoms in total. The number of aryl methyl sites for hydroxylation is 2. The summed E-state index contributed by atoms with van der Waals surface area (Å²) in [5.74, 6) is -0.220. The van der Waals surface area contributed by atoms with Crippen molar-refractivity contribution in [3.8, 4) is 0 Å². The number of aromatic nitrogens is 2. The van der Waals surface area contributed by atoms with Gasteiger partial charge in [-0.3, -0.25) is 4.79 Å². The van der Waals surface area contributed by atoms with Gasteiger partial charge in [-0.25, -0.2) is 4.79 Å². The summed E-state index contributed by atoms with van der Waals surface area (Å²) in [5, 5.41) is 2.78. The van der Waals surface area contributed by atoms with Gasteiger partial charge in [-0.2, -0.15) is 0 Å². The molecule has 2 aromatic carbocycles. The van der Waals surface area contributed by atoms with Gasteiger partial charge in [0.1, 0.15) is 0 Å². The van der Waals surface area contributed by atoms with Crippen molar-refractivity contribution >= 4 is 28.7 Å². The Hall–Kier alpha value is -3.08. The minimum absolute atomic E-state index is 0.220. The minimum Gasteiger partial charge on any atom is -0.322 e. The molecule has 0 saturated heterocycles. The molecule has 0 unspecified atom stereocenters. The number of anilines is 1. The highest BCUT2D eigenvalue weighted by atomic mass is 16.1. The van der Waals surface area contributed by atoms with Gasteiger partial charge in [0, 0.05) is 11.8 Å². The van der Waals surface area contributed by atoms with Crippen LogP contribution in [0, 0.1) is 13.8 Å². The third-order valence-electron chi connectivity index (χ3n) is 3.62. The van der Waals surface area contributed by atoms with Crippen LogP contribution in [-0.2, 0) is 4.79 Å². The van der Waals surface area contributed by atoms with E-state index in [0.29, 0.717) is 16.7 Å². The van der Waals surface area contributed by atoms with E-state index in [9.17, 15) is 9.59 Å². The fraction of sp³-hybridized carbons (Fsp3) is 0.111. The van der Waals surface area contributed by atoms with Crippen LogP contribution in [0.2, 0.25) is 0 Å². The van der Waals surface area contributed by atoms with Crippen LogP contribution in [0.3, 0.4) is 0 Å². The number of aromatic amines is 2. The molecule has 23 heavy (non-hydrogen) atoms. The molecule has 0 aliphatic heterocycles. The predicted octanol–water partition coefficient (Wildman–Crippen LogP) is 3.12. The molecule has 0 radical (unpaired) electrons. The van der Waals surface area contributed by atoms with E-state index < -0.39 is 0 Å². The number of H-pyrrole nitrogens is 2. The Bertz CT molecular complexity index is 964. The zero-order valence-corrected chi connectivity index (χ0v) is 12.9. The Balaban J connectivity index is 1.74. The molecule has 3 N–H and O–H groups in total. The molecule has 1 aromatic heterocycles. The van der Waals surface area contributed by atoms with E-state index in [1.54, 1.807) is 24.3 Å². The topological polar surface area (TPSA) is 77.8 Å². The number of benzene rings is 2. The molecule has 5 heteroatoms. The summed E-state index contributed by atoms with van der Waals surface area (Å²) in [6, 6.07) is 11.3. The zero-order valence-electron chi connectivity index (χ0n) is 12.9. The summed E-state index contributed by atoms with van der Waals surface area (Å²) in [6.45, 7) is 4.05. The van der Waals surface area contributed by atoms with Crippen molar-refractivity contribution in [1.82, 2.24) is 9.97 Å². The van der Waals surface area contributed by atoms with E-state index in [0.717, 1.165) is 11.1 Å². The maximum atomic E-state index is 12.0. The van der Waals surface area contributed by atoms with Gasteiger partial charge in [-0.15, -0.1) is 0 Å². The third-order valence-corrected chi connectivity index (χ3v) is 3.62.